The van der Waals surface area contributed by atoms with Crippen LogP contribution in [0.1, 0.15) is 18.4 Å². The zero-order valence-corrected chi connectivity index (χ0v) is 10.1. The van der Waals surface area contributed by atoms with Gasteiger partial charge >= 0.3 is 0 Å². The number of aromatic hydroxyl groups is 1. The van der Waals surface area contributed by atoms with E-state index in [9.17, 15) is 5.11 Å². The summed E-state index contributed by atoms with van der Waals surface area (Å²) in [7, 11) is 0. The summed E-state index contributed by atoms with van der Waals surface area (Å²) in [6.07, 6.45) is 2.31. The summed E-state index contributed by atoms with van der Waals surface area (Å²) in [6.45, 7) is 3.73. The molecule has 0 bridgehead atoms. The summed E-state index contributed by atoms with van der Waals surface area (Å²) in [5.41, 5.74) is 1.49. The number of phenolic OH excluding ortho intramolecular Hbond substituents is 1. The van der Waals surface area contributed by atoms with E-state index in [0.717, 1.165) is 37.2 Å². The van der Waals surface area contributed by atoms with Crippen LogP contribution in [0.25, 0.3) is 0 Å². The minimum Gasteiger partial charge on any atom is -0.504 e. The molecule has 0 radical (unpaired) electrons. The third kappa shape index (κ3) is 1.88. The van der Waals surface area contributed by atoms with Gasteiger partial charge in [0.15, 0.2) is 5.75 Å². The van der Waals surface area contributed by atoms with Crippen LogP contribution in [0.15, 0.2) is 6.07 Å². The lowest BCUT2D eigenvalue weighted by Crippen LogP contribution is -2.17. The highest BCUT2D eigenvalue weighted by Crippen LogP contribution is 2.41. The van der Waals surface area contributed by atoms with E-state index < -0.39 is 0 Å². The minimum atomic E-state index is 0.153. The normalized spacial score (nSPS) is 16.1. The zero-order valence-electron chi connectivity index (χ0n) is 8.56. The van der Waals surface area contributed by atoms with Gasteiger partial charge in [0, 0.05) is 18.1 Å². The molecule has 2 nitrogen and oxygen atoms in total. The number of phenols is 1. The summed E-state index contributed by atoms with van der Waals surface area (Å²) in [4.78, 5) is 2.12. The fourth-order valence-electron chi connectivity index (χ4n) is 1.89. The SMILES string of the molecule is Cc1c(Cl)cc(N2CCCC2)c(O)c1Cl. The Kier molecular flexibility index (Phi) is 2.98. The van der Waals surface area contributed by atoms with Crippen LogP contribution in [-0.4, -0.2) is 18.2 Å². The van der Waals surface area contributed by atoms with Gasteiger partial charge in [-0.15, -0.1) is 0 Å². The average Bonchev–Trinajstić information content (AvgIpc) is 2.73. The Bertz CT molecular complexity index is 387. The van der Waals surface area contributed by atoms with Crippen molar-refractivity contribution in [3.8, 4) is 5.75 Å². The lowest BCUT2D eigenvalue weighted by molar-refractivity contribution is 0.474. The van der Waals surface area contributed by atoms with E-state index in [1.54, 1.807) is 13.0 Å². The first-order valence-electron chi connectivity index (χ1n) is 5.03. The van der Waals surface area contributed by atoms with Crippen molar-refractivity contribution in [2.24, 2.45) is 0 Å². The molecular formula is C11H13Cl2NO. The molecule has 1 aromatic carbocycles. The Labute approximate surface area is 99.4 Å². The number of rotatable bonds is 1. The maximum absolute atomic E-state index is 9.93. The molecule has 82 valence electrons. The van der Waals surface area contributed by atoms with Gasteiger partial charge in [0.05, 0.1) is 10.7 Å². The predicted molar refractivity (Wildman–Crippen MR) is 64.3 cm³/mol. The lowest BCUT2D eigenvalue weighted by atomic mass is 10.2. The quantitative estimate of drug-likeness (QED) is 0.818. The summed E-state index contributed by atoms with van der Waals surface area (Å²) in [6, 6.07) is 1.80. The molecule has 0 aromatic heterocycles. The molecule has 15 heavy (non-hydrogen) atoms. The van der Waals surface area contributed by atoms with Crippen molar-refractivity contribution in [3.63, 3.8) is 0 Å². The zero-order chi connectivity index (χ0) is 11.0. The highest BCUT2D eigenvalue weighted by atomic mass is 35.5. The molecule has 1 N–H and O–H groups in total. The van der Waals surface area contributed by atoms with Crippen LogP contribution in [0.5, 0.6) is 5.75 Å². The third-order valence-corrected chi connectivity index (χ3v) is 3.70. The van der Waals surface area contributed by atoms with E-state index in [1.165, 1.54) is 0 Å². The van der Waals surface area contributed by atoms with Gasteiger partial charge in [0.25, 0.3) is 0 Å². The molecule has 1 fully saturated rings. The maximum Gasteiger partial charge on any atom is 0.157 e. The van der Waals surface area contributed by atoms with Gasteiger partial charge in [-0.2, -0.15) is 0 Å². The Hall–Kier alpha value is -0.600. The van der Waals surface area contributed by atoms with Crippen molar-refractivity contribution in [3.05, 3.63) is 21.7 Å². The smallest absolute Gasteiger partial charge is 0.157 e. The van der Waals surface area contributed by atoms with Gasteiger partial charge in [-0.1, -0.05) is 23.2 Å². The van der Waals surface area contributed by atoms with Gasteiger partial charge in [-0.3, -0.25) is 0 Å². The fourth-order valence-corrected chi connectivity index (χ4v) is 2.34. The molecule has 1 saturated heterocycles. The van der Waals surface area contributed by atoms with Crippen molar-refractivity contribution >= 4 is 28.9 Å². The molecule has 2 rings (SSSR count). The molecule has 4 heteroatoms. The second kappa shape index (κ2) is 4.11. The number of hydrogen-bond acceptors (Lipinski definition) is 2. The molecule has 0 unspecified atom stereocenters. The van der Waals surface area contributed by atoms with Gasteiger partial charge in [0.2, 0.25) is 0 Å². The van der Waals surface area contributed by atoms with Crippen LogP contribution < -0.4 is 4.90 Å². The molecule has 1 aliphatic heterocycles. The minimum absolute atomic E-state index is 0.153. The Balaban J connectivity index is 2.47. The summed E-state index contributed by atoms with van der Waals surface area (Å²) in [5.74, 6) is 0.153. The van der Waals surface area contributed by atoms with Gasteiger partial charge in [-0.05, 0) is 31.4 Å². The van der Waals surface area contributed by atoms with Crippen molar-refractivity contribution in [1.29, 1.82) is 0 Å². The van der Waals surface area contributed by atoms with Gasteiger partial charge < -0.3 is 10.0 Å². The van der Waals surface area contributed by atoms with E-state index in [2.05, 4.69) is 4.90 Å². The number of halogens is 2. The second-order valence-corrected chi connectivity index (χ2v) is 4.64. The van der Waals surface area contributed by atoms with E-state index >= 15 is 0 Å². The van der Waals surface area contributed by atoms with Crippen molar-refractivity contribution < 1.29 is 5.11 Å². The molecule has 1 aliphatic rings. The van der Waals surface area contributed by atoms with Crippen LogP contribution in [-0.2, 0) is 0 Å². The molecule has 1 aromatic rings. The first-order valence-corrected chi connectivity index (χ1v) is 5.79. The van der Waals surface area contributed by atoms with Crippen molar-refractivity contribution in [1.82, 2.24) is 0 Å². The second-order valence-electron chi connectivity index (χ2n) is 3.86. The topological polar surface area (TPSA) is 23.5 Å². The van der Waals surface area contributed by atoms with E-state index in [-0.39, 0.29) is 5.75 Å². The number of nitrogens with zero attached hydrogens (tertiary/aromatic N) is 1. The Morgan fingerprint density at radius 1 is 1.27 bits per heavy atom. The van der Waals surface area contributed by atoms with E-state index in [1.807, 2.05) is 0 Å². The van der Waals surface area contributed by atoms with E-state index in [0.29, 0.717) is 10.0 Å². The van der Waals surface area contributed by atoms with Crippen molar-refractivity contribution in [2.45, 2.75) is 19.8 Å². The van der Waals surface area contributed by atoms with Crippen LogP contribution in [0.4, 0.5) is 5.69 Å². The van der Waals surface area contributed by atoms with Gasteiger partial charge in [-0.25, -0.2) is 0 Å². The van der Waals surface area contributed by atoms with E-state index in [4.69, 9.17) is 23.2 Å². The predicted octanol–water partition coefficient (Wildman–Crippen LogP) is 3.61. The summed E-state index contributed by atoms with van der Waals surface area (Å²) in [5, 5.41) is 10.9. The molecule has 0 atom stereocenters. The fraction of sp³-hybridized carbons (Fsp3) is 0.455. The van der Waals surface area contributed by atoms with Crippen molar-refractivity contribution in [2.75, 3.05) is 18.0 Å². The Morgan fingerprint density at radius 2 is 1.87 bits per heavy atom. The number of benzene rings is 1. The highest BCUT2D eigenvalue weighted by Gasteiger charge is 2.19. The molecule has 0 spiro atoms. The molecular weight excluding hydrogens is 233 g/mol. The molecule has 0 saturated carbocycles. The summed E-state index contributed by atoms with van der Waals surface area (Å²) < 4.78 is 0. The maximum atomic E-state index is 9.93. The van der Waals surface area contributed by atoms with Crippen LogP contribution >= 0.6 is 23.2 Å². The van der Waals surface area contributed by atoms with Crippen LogP contribution in [0.2, 0.25) is 10.0 Å². The number of hydrogen-bond donors (Lipinski definition) is 1. The highest BCUT2D eigenvalue weighted by molar-refractivity contribution is 6.37. The third-order valence-electron chi connectivity index (χ3n) is 2.85. The first-order chi connectivity index (χ1) is 7.11. The Morgan fingerprint density at radius 3 is 2.47 bits per heavy atom. The summed E-state index contributed by atoms with van der Waals surface area (Å²) >= 11 is 12.1. The molecule has 0 amide bonds. The molecule has 0 aliphatic carbocycles. The van der Waals surface area contributed by atoms with Crippen LogP contribution in [0.3, 0.4) is 0 Å². The monoisotopic (exact) mass is 245 g/mol. The lowest BCUT2D eigenvalue weighted by Gasteiger charge is -2.20. The molecule has 1 heterocycles. The number of anilines is 1. The van der Waals surface area contributed by atoms with Gasteiger partial charge in [0.1, 0.15) is 0 Å². The first kappa shape index (κ1) is 10.9. The average molecular weight is 246 g/mol. The largest absolute Gasteiger partial charge is 0.504 e. The standard InChI is InChI=1S/C11H13Cl2NO/c1-7-8(12)6-9(11(15)10(7)13)14-4-2-3-5-14/h6,15H,2-5H2,1H3. The van der Waals surface area contributed by atoms with Crippen LogP contribution in [0, 0.1) is 6.92 Å².